The first-order valence-corrected chi connectivity index (χ1v) is 6.62. The van der Waals surface area contributed by atoms with Gasteiger partial charge in [0.25, 0.3) is 0 Å². The van der Waals surface area contributed by atoms with Crippen LogP contribution < -0.4 is 10.1 Å². The number of hydrogen-bond donors (Lipinski definition) is 2. The van der Waals surface area contributed by atoms with E-state index in [-0.39, 0.29) is 0 Å². The lowest BCUT2D eigenvalue weighted by Gasteiger charge is -2.23. The fourth-order valence-electron chi connectivity index (χ4n) is 2.38. The zero-order chi connectivity index (χ0) is 13.0. The predicted molar refractivity (Wildman–Crippen MR) is 77.5 cm³/mol. The summed E-state index contributed by atoms with van der Waals surface area (Å²) in [5.41, 5.74) is 5.22. The number of aryl methyl sites for hydroxylation is 1. The highest BCUT2D eigenvalue weighted by molar-refractivity contribution is 7.80. The maximum absolute atomic E-state index is 5.40. The molecule has 0 spiro atoms. The number of hydrogen-bond acceptors (Lipinski definition) is 3. The van der Waals surface area contributed by atoms with Crippen LogP contribution in [-0.4, -0.2) is 19.9 Å². The minimum Gasteiger partial charge on any atom is -0.496 e. The van der Waals surface area contributed by atoms with Crippen molar-refractivity contribution in [1.82, 2.24) is 5.32 Å². The molecule has 0 aliphatic heterocycles. The highest BCUT2D eigenvalue weighted by Crippen LogP contribution is 2.32. The summed E-state index contributed by atoms with van der Waals surface area (Å²) in [6.07, 6.45) is 1.03. The molecule has 1 unspecified atom stereocenters. The number of rotatable bonds is 5. The van der Waals surface area contributed by atoms with Crippen LogP contribution in [0.25, 0.3) is 0 Å². The summed E-state index contributed by atoms with van der Waals surface area (Å²) in [5.74, 6) is 1.86. The second-order valence-corrected chi connectivity index (χ2v) is 4.86. The second-order valence-electron chi connectivity index (χ2n) is 4.41. The van der Waals surface area contributed by atoms with Crippen LogP contribution in [0, 0.1) is 20.8 Å². The van der Waals surface area contributed by atoms with E-state index in [9.17, 15) is 0 Å². The number of methoxy groups -OCH3 is 1. The standard InChI is InChI=1S/C14H23NOS/c1-9-8-13(16-5)10(2)11(3)14(9)12(15-4)6-7-17/h8,12,15,17H,6-7H2,1-5H3. The van der Waals surface area contributed by atoms with E-state index >= 15 is 0 Å². The van der Waals surface area contributed by atoms with Gasteiger partial charge in [0.05, 0.1) is 7.11 Å². The van der Waals surface area contributed by atoms with Crippen LogP contribution in [0.3, 0.4) is 0 Å². The predicted octanol–water partition coefficient (Wildman–Crippen LogP) is 3.20. The van der Waals surface area contributed by atoms with Gasteiger partial charge in [0.15, 0.2) is 0 Å². The molecular weight excluding hydrogens is 230 g/mol. The molecule has 0 saturated carbocycles. The highest BCUT2D eigenvalue weighted by Gasteiger charge is 2.17. The van der Waals surface area contributed by atoms with Gasteiger partial charge >= 0.3 is 0 Å². The molecule has 1 aromatic carbocycles. The molecule has 0 bridgehead atoms. The minimum absolute atomic E-state index is 0.372. The van der Waals surface area contributed by atoms with Crippen molar-refractivity contribution < 1.29 is 4.74 Å². The van der Waals surface area contributed by atoms with Crippen molar-refractivity contribution in [2.75, 3.05) is 19.9 Å². The van der Waals surface area contributed by atoms with Crippen LogP contribution in [0.4, 0.5) is 0 Å². The number of nitrogens with one attached hydrogen (secondary N) is 1. The molecule has 17 heavy (non-hydrogen) atoms. The first-order chi connectivity index (χ1) is 8.06. The lowest BCUT2D eigenvalue weighted by molar-refractivity contribution is 0.410. The minimum atomic E-state index is 0.372. The van der Waals surface area contributed by atoms with Gasteiger partial charge < -0.3 is 10.1 Å². The van der Waals surface area contributed by atoms with Crippen LogP contribution in [0.15, 0.2) is 6.07 Å². The highest BCUT2D eigenvalue weighted by atomic mass is 32.1. The van der Waals surface area contributed by atoms with Crippen molar-refractivity contribution in [3.05, 3.63) is 28.3 Å². The molecule has 0 amide bonds. The van der Waals surface area contributed by atoms with Crippen LogP contribution in [0.5, 0.6) is 5.75 Å². The Morgan fingerprint density at radius 3 is 2.41 bits per heavy atom. The van der Waals surface area contributed by atoms with Crippen molar-refractivity contribution in [1.29, 1.82) is 0 Å². The van der Waals surface area contributed by atoms with E-state index in [1.54, 1.807) is 7.11 Å². The molecule has 96 valence electrons. The summed E-state index contributed by atoms with van der Waals surface area (Å²) in [5, 5.41) is 3.38. The number of ether oxygens (including phenoxy) is 1. The van der Waals surface area contributed by atoms with Gasteiger partial charge in [-0.3, -0.25) is 0 Å². The molecule has 1 aromatic rings. The zero-order valence-electron chi connectivity index (χ0n) is 11.4. The summed E-state index contributed by atoms with van der Waals surface area (Å²) < 4.78 is 5.40. The van der Waals surface area contributed by atoms with Crippen molar-refractivity contribution in [2.24, 2.45) is 0 Å². The van der Waals surface area contributed by atoms with E-state index in [2.05, 4.69) is 44.8 Å². The van der Waals surface area contributed by atoms with Crippen molar-refractivity contribution in [2.45, 2.75) is 33.2 Å². The Hall–Kier alpha value is -0.670. The van der Waals surface area contributed by atoms with Gasteiger partial charge in [-0.2, -0.15) is 12.6 Å². The molecule has 3 heteroatoms. The molecule has 0 fully saturated rings. The molecule has 0 radical (unpaired) electrons. The van der Waals surface area contributed by atoms with Gasteiger partial charge in [0.2, 0.25) is 0 Å². The van der Waals surface area contributed by atoms with Crippen LogP contribution >= 0.6 is 12.6 Å². The SMILES string of the molecule is CNC(CCS)c1c(C)cc(OC)c(C)c1C. The van der Waals surface area contributed by atoms with Gasteiger partial charge in [0.1, 0.15) is 5.75 Å². The number of benzene rings is 1. The van der Waals surface area contributed by atoms with Gasteiger partial charge in [0, 0.05) is 6.04 Å². The quantitative estimate of drug-likeness (QED) is 0.786. The van der Waals surface area contributed by atoms with Crippen molar-refractivity contribution in [3.8, 4) is 5.75 Å². The van der Waals surface area contributed by atoms with Gasteiger partial charge in [-0.1, -0.05) is 0 Å². The number of thiol groups is 1. The fraction of sp³-hybridized carbons (Fsp3) is 0.571. The first kappa shape index (κ1) is 14.4. The Balaban J connectivity index is 3.28. The first-order valence-electron chi connectivity index (χ1n) is 5.99. The molecular formula is C14H23NOS. The monoisotopic (exact) mass is 253 g/mol. The topological polar surface area (TPSA) is 21.3 Å². The van der Waals surface area contributed by atoms with E-state index in [1.807, 2.05) is 7.05 Å². The third-order valence-electron chi connectivity index (χ3n) is 3.44. The summed E-state index contributed by atoms with van der Waals surface area (Å²) in [7, 11) is 3.73. The average molecular weight is 253 g/mol. The molecule has 1 atom stereocenters. The summed E-state index contributed by atoms with van der Waals surface area (Å²) in [6.45, 7) is 6.43. The van der Waals surface area contributed by atoms with E-state index in [0.29, 0.717) is 6.04 Å². The normalized spacial score (nSPS) is 12.6. The summed E-state index contributed by atoms with van der Waals surface area (Å²) >= 11 is 4.33. The molecule has 1 N–H and O–H groups in total. The van der Waals surface area contributed by atoms with Crippen molar-refractivity contribution in [3.63, 3.8) is 0 Å². The largest absolute Gasteiger partial charge is 0.496 e. The van der Waals surface area contributed by atoms with E-state index < -0.39 is 0 Å². The zero-order valence-corrected chi connectivity index (χ0v) is 12.3. The van der Waals surface area contributed by atoms with E-state index in [0.717, 1.165) is 17.9 Å². The maximum atomic E-state index is 5.40. The molecule has 0 aliphatic rings. The third kappa shape index (κ3) is 2.96. The molecule has 0 aliphatic carbocycles. The second kappa shape index (κ2) is 6.31. The Kier molecular flexibility index (Phi) is 5.34. The summed E-state index contributed by atoms with van der Waals surface area (Å²) in [6, 6.07) is 2.50. The Morgan fingerprint density at radius 2 is 1.94 bits per heavy atom. The lowest BCUT2D eigenvalue weighted by Crippen LogP contribution is -2.19. The molecule has 0 heterocycles. The van der Waals surface area contributed by atoms with Gasteiger partial charge in [-0.15, -0.1) is 0 Å². The Bertz CT molecular complexity index is 390. The fourth-order valence-corrected chi connectivity index (χ4v) is 2.63. The van der Waals surface area contributed by atoms with Crippen LogP contribution in [0.1, 0.15) is 34.7 Å². The molecule has 0 saturated heterocycles. The maximum Gasteiger partial charge on any atom is 0.122 e. The Morgan fingerprint density at radius 1 is 1.29 bits per heavy atom. The van der Waals surface area contributed by atoms with Gasteiger partial charge in [-0.05, 0) is 68.3 Å². The van der Waals surface area contributed by atoms with E-state index in [4.69, 9.17) is 4.74 Å². The van der Waals surface area contributed by atoms with E-state index in [1.165, 1.54) is 22.3 Å². The van der Waals surface area contributed by atoms with Gasteiger partial charge in [-0.25, -0.2) is 0 Å². The Labute approximate surface area is 110 Å². The molecule has 1 rings (SSSR count). The lowest BCUT2D eigenvalue weighted by atomic mass is 9.91. The molecule has 0 aromatic heterocycles. The smallest absolute Gasteiger partial charge is 0.122 e. The third-order valence-corrected chi connectivity index (χ3v) is 3.70. The average Bonchev–Trinajstić information content (AvgIpc) is 2.32. The molecule has 2 nitrogen and oxygen atoms in total. The van der Waals surface area contributed by atoms with Crippen LogP contribution in [0.2, 0.25) is 0 Å². The summed E-state index contributed by atoms with van der Waals surface area (Å²) in [4.78, 5) is 0. The van der Waals surface area contributed by atoms with Crippen LogP contribution in [-0.2, 0) is 0 Å². The van der Waals surface area contributed by atoms with Crippen molar-refractivity contribution >= 4 is 12.6 Å².